The Labute approximate surface area is 181 Å². The van der Waals surface area contributed by atoms with Gasteiger partial charge in [-0.05, 0) is 11.1 Å². The number of anilines is 1. The fourth-order valence-electron chi connectivity index (χ4n) is 4.03. The third-order valence-electron chi connectivity index (χ3n) is 5.54. The highest BCUT2D eigenvalue weighted by molar-refractivity contribution is 5.71. The van der Waals surface area contributed by atoms with Crippen molar-refractivity contribution in [3.8, 4) is 0 Å². The van der Waals surface area contributed by atoms with Crippen molar-refractivity contribution in [2.24, 2.45) is 0 Å². The van der Waals surface area contributed by atoms with Crippen molar-refractivity contribution in [1.29, 1.82) is 0 Å². The van der Waals surface area contributed by atoms with Gasteiger partial charge >= 0.3 is 5.97 Å². The third-order valence-corrected chi connectivity index (χ3v) is 5.54. The second kappa shape index (κ2) is 9.57. The summed E-state index contributed by atoms with van der Waals surface area (Å²) in [6, 6.07) is 22.5. The minimum atomic E-state index is -0.414. The second-order valence-corrected chi connectivity index (χ2v) is 7.56. The van der Waals surface area contributed by atoms with Crippen molar-refractivity contribution in [3.05, 3.63) is 93.9 Å². The third kappa shape index (κ3) is 5.00. The predicted molar refractivity (Wildman–Crippen MR) is 119 cm³/mol. The maximum Gasteiger partial charge on any atom is 0.311 e. The van der Waals surface area contributed by atoms with E-state index < -0.39 is 5.97 Å². The fourth-order valence-corrected chi connectivity index (χ4v) is 4.03. The molecule has 0 amide bonds. The van der Waals surface area contributed by atoms with E-state index in [2.05, 4.69) is 68.3 Å². The van der Waals surface area contributed by atoms with Crippen LogP contribution < -0.4 is 10.5 Å². The van der Waals surface area contributed by atoms with E-state index in [0.717, 1.165) is 26.2 Å². The first kappa shape index (κ1) is 20.8. The molecule has 7 heteroatoms. The van der Waals surface area contributed by atoms with Gasteiger partial charge in [0.15, 0.2) is 0 Å². The van der Waals surface area contributed by atoms with E-state index in [-0.39, 0.29) is 18.0 Å². The van der Waals surface area contributed by atoms with Gasteiger partial charge in [-0.1, -0.05) is 60.7 Å². The van der Waals surface area contributed by atoms with Gasteiger partial charge in [-0.2, -0.15) is 0 Å². The van der Waals surface area contributed by atoms with Crippen molar-refractivity contribution in [3.63, 3.8) is 0 Å². The van der Waals surface area contributed by atoms with Crippen LogP contribution in [0.4, 0.5) is 5.95 Å². The summed E-state index contributed by atoms with van der Waals surface area (Å²) < 4.78 is 4.69. The number of esters is 1. The number of hydrogen-bond donors (Lipinski definition) is 1. The van der Waals surface area contributed by atoms with Gasteiger partial charge in [0.25, 0.3) is 5.56 Å². The summed E-state index contributed by atoms with van der Waals surface area (Å²) in [5.41, 5.74) is 2.67. The molecule has 160 valence electrons. The minimum Gasteiger partial charge on any atom is -0.469 e. The zero-order valence-electron chi connectivity index (χ0n) is 17.5. The van der Waals surface area contributed by atoms with Gasteiger partial charge < -0.3 is 9.64 Å². The van der Waals surface area contributed by atoms with Crippen molar-refractivity contribution in [2.45, 2.75) is 12.5 Å². The first-order valence-corrected chi connectivity index (χ1v) is 10.4. The molecule has 1 N–H and O–H groups in total. The largest absolute Gasteiger partial charge is 0.469 e. The van der Waals surface area contributed by atoms with Crippen LogP contribution in [-0.4, -0.2) is 54.1 Å². The molecular weight excluding hydrogens is 392 g/mol. The molecule has 0 unspecified atom stereocenters. The summed E-state index contributed by atoms with van der Waals surface area (Å²) in [6.45, 7) is 3.08. The van der Waals surface area contributed by atoms with E-state index in [4.69, 9.17) is 4.74 Å². The summed E-state index contributed by atoms with van der Waals surface area (Å²) in [4.78, 5) is 35.5. The Hall–Kier alpha value is -3.45. The lowest BCUT2D eigenvalue weighted by Gasteiger charge is -2.40. The lowest BCUT2D eigenvalue weighted by Crippen LogP contribution is -2.48. The summed E-state index contributed by atoms with van der Waals surface area (Å²) in [7, 11) is 1.32. The SMILES string of the molecule is COC(=O)Cc1cc(=O)[nH]c(N2CCN(C(c3ccccc3)c3ccccc3)CC2)n1. The first-order chi connectivity index (χ1) is 15.1. The van der Waals surface area contributed by atoms with Gasteiger partial charge in [0.2, 0.25) is 5.95 Å². The lowest BCUT2D eigenvalue weighted by molar-refractivity contribution is -0.139. The van der Waals surface area contributed by atoms with Crippen LogP contribution in [0.3, 0.4) is 0 Å². The number of aromatic amines is 1. The molecule has 31 heavy (non-hydrogen) atoms. The molecule has 1 aliphatic heterocycles. The summed E-state index contributed by atoms with van der Waals surface area (Å²) in [5, 5.41) is 0. The van der Waals surface area contributed by atoms with Crippen LogP contribution >= 0.6 is 0 Å². The lowest BCUT2D eigenvalue weighted by atomic mass is 9.96. The number of methoxy groups -OCH3 is 1. The number of carbonyl (C=O) groups is 1. The highest BCUT2D eigenvalue weighted by Gasteiger charge is 2.27. The van der Waals surface area contributed by atoms with Gasteiger partial charge in [0.05, 0.1) is 25.3 Å². The Morgan fingerprint density at radius 1 is 1.00 bits per heavy atom. The van der Waals surface area contributed by atoms with E-state index in [1.54, 1.807) is 0 Å². The van der Waals surface area contributed by atoms with Crippen LogP contribution in [0.5, 0.6) is 0 Å². The number of aromatic nitrogens is 2. The predicted octanol–water partition coefficient (Wildman–Crippen LogP) is 2.40. The molecule has 4 rings (SSSR count). The van der Waals surface area contributed by atoms with Crippen molar-refractivity contribution in [2.75, 3.05) is 38.2 Å². The van der Waals surface area contributed by atoms with Crippen molar-refractivity contribution in [1.82, 2.24) is 14.9 Å². The standard InChI is InChI=1S/C24H26N4O3/c1-31-22(30)17-20-16-21(29)26-24(25-20)28-14-12-27(13-15-28)23(18-8-4-2-5-9-18)19-10-6-3-7-11-19/h2-11,16,23H,12-15,17H2,1H3,(H,25,26,29). The number of nitrogens with zero attached hydrogens (tertiary/aromatic N) is 3. The quantitative estimate of drug-likeness (QED) is 0.620. The van der Waals surface area contributed by atoms with Gasteiger partial charge in [0, 0.05) is 32.2 Å². The number of ether oxygens (including phenoxy) is 1. The van der Waals surface area contributed by atoms with Gasteiger partial charge in [-0.15, -0.1) is 0 Å². The van der Waals surface area contributed by atoms with Crippen molar-refractivity contribution < 1.29 is 9.53 Å². The average Bonchev–Trinajstić information content (AvgIpc) is 2.81. The van der Waals surface area contributed by atoms with Gasteiger partial charge in [0.1, 0.15) is 0 Å². The molecule has 7 nitrogen and oxygen atoms in total. The molecule has 1 aromatic heterocycles. The zero-order valence-corrected chi connectivity index (χ0v) is 17.5. The molecule has 3 aromatic rings. The molecule has 1 aliphatic rings. The Morgan fingerprint density at radius 3 is 2.13 bits per heavy atom. The molecule has 0 radical (unpaired) electrons. The normalized spacial score (nSPS) is 14.6. The van der Waals surface area contributed by atoms with Crippen LogP contribution in [0.25, 0.3) is 0 Å². The van der Waals surface area contributed by atoms with E-state index in [0.29, 0.717) is 11.6 Å². The molecule has 0 saturated carbocycles. The molecule has 1 saturated heterocycles. The van der Waals surface area contributed by atoms with Gasteiger partial charge in [-0.25, -0.2) is 4.98 Å². The minimum absolute atomic E-state index is 0.0164. The molecule has 2 heterocycles. The molecule has 0 bridgehead atoms. The molecular formula is C24H26N4O3. The van der Waals surface area contributed by atoms with Crippen LogP contribution in [0, 0.1) is 0 Å². The van der Waals surface area contributed by atoms with Crippen LogP contribution in [0.15, 0.2) is 71.5 Å². The fraction of sp³-hybridized carbons (Fsp3) is 0.292. The molecule has 0 atom stereocenters. The first-order valence-electron chi connectivity index (χ1n) is 10.4. The van der Waals surface area contributed by atoms with E-state index in [1.807, 2.05) is 12.1 Å². The highest BCUT2D eigenvalue weighted by atomic mass is 16.5. The van der Waals surface area contributed by atoms with Gasteiger partial charge in [-0.3, -0.25) is 19.5 Å². The maximum atomic E-state index is 12.1. The second-order valence-electron chi connectivity index (χ2n) is 7.56. The average molecular weight is 418 g/mol. The summed E-state index contributed by atoms with van der Waals surface area (Å²) >= 11 is 0. The monoisotopic (exact) mass is 418 g/mol. The molecule has 2 aromatic carbocycles. The Morgan fingerprint density at radius 2 is 1.58 bits per heavy atom. The Bertz CT molecular complexity index is 1020. The number of carbonyl (C=O) groups excluding carboxylic acids is 1. The number of H-pyrrole nitrogens is 1. The number of piperazine rings is 1. The number of hydrogen-bond acceptors (Lipinski definition) is 6. The van der Waals surface area contributed by atoms with E-state index >= 15 is 0 Å². The topological polar surface area (TPSA) is 78.5 Å². The van der Waals surface area contributed by atoms with E-state index in [9.17, 15) is 9.59 Å². The Kier molecular flexibility index (Phi) is 6.43. The number of benzene rings is 2. The molecule has 0 aliphatic carbocycles. The highest BCUT2D eigenvalue weighted by Crippen LogP contribution is 2.29. The van der Waals surface area contributed by atoms with Crippen molar-refractivity contribution >= 4 is 11.9 Å². The molecule has 1 fully saturated rings. The summed E-state index contributed by atoms with van der Waals surface area (Å²) in [6.07, 6.45) is -0.0164. The maximum absolute atomic E-state index is 12.1. The molecule has 0 spiro atoms. The van der Waals surface area contributed by atoms with Crippen LogP contribution in [0.1, 0.15) is 22.9 Å². The van der Waals surface area contributed by atoms with Crippen LogP contribution in [-0.2, 0) is 16.0 Å². The Balaban J connectivity index is 1.52. The zero-order chi connectivity index (χ0) is 21.6. The van der Waals surface area contributed by atoms with Crippen LogP contribution in [0.2, 0.25) is 0 Å². The summed E-state index contributed by atoms with van der Waals surface area (Å²) in [5.74, 6) is 0.0875. The smallest absolute Gasteiger partial charge is 0.311 e. The number of rotatable bonds is 6. The number of nitrogens with one attached hydrogen (secondary N) is 1. The van der Waals surface area contributed by atoms with E-state index in [1.165, 1.54) is 24.3 Å².